The fourth-order valence-electron chi connectivity index (χ4n) is 1.22. The fraction of sp³-hybridized carbons (Fsp3) is 0.300. The molecule has 5 heteroatoms. The molecule has 1 aromatic rings. The summed E-state index contributed by atoms with van der Waals surface area (Å²) in [4.78, 5) is 10.7. The van der Waals surface area contributed by atoms with Crippen molar-refractivity contribution in [1.29, 1.82) is 0 Å². The number of rotatable bonds is 2. The number of nitrogens with one attached hydrogen (secondary N) is 1. The van der Waals surface area contributed by atoms with Crippen LogP contribution in [0.25, 0.3) is 0 Å². The zero-order chi connectivity index (χ0) is 11.6. The van der Waals surface area contributed by atoms with Gasteiger partial charge in [-0.05, 0) is 18.2 Å². The number of nitrogens with two attached hydrogens (primary N) is 1. The second-order valence-electron chi connectivity index (χ2n) is 3.37. The van der Waals surface area contributed by atoms with E-state index in [1.54, 1.807) is 0 Å². The van der Waals surface area contributed by atoms with E-state index in [1.807, 2.05) is 0 Å². The van der Waals surface area contributed by atoms with Crippen molar-refractivity contribution in [3.8, 4) is 0 Å². The maximum Gasteiger partial charge on any atom is 0.272 e. The minimum absolute atomic E-state index is 0.0107. The summed E-state index contributed by atoms with van der Waals surface area (Å²) in [6.07, 6.45) is 0. The van der Waals surface area contributed by atoms with Crippen LogP contribution >= 0.6 is 0 Å². The highest BCUT2D eigenvalue weighted by Gasteiger charge is 2.27. The lowest BCUT2D eigenvalue weighted by molar-refractivity contribution is -0.114. The van der Waals surface area contributed by atoms with E-state index in [2.05, 4.69) is 5.32 Å². The van der Waals surface area contributed by atoms with Crippen molar-refractivity contribution < 1.29 is 13.6 Å². The van der Waals surface area contributed by atoms with Crippen LogP contribution in [0.2, 0.25) is 0 Å². The summed E-state index contributed by atoms with van der Waals surface area (Å²) in [5.74, 6) is -3.33. The van der Waals surface area contributed by atoms with Gasteiger partial charge in [-0.15, -0.1) is 0 Å². The molecule has 0 fully saturated rings. The summed E-state index contributed by atoms with van der Waals surface area (Å²) >= 11 is 0. The highest BCUT2D eigenvalue weighted by atomic mass is 19.3. The summed E-state index contributed by atoms with van der Waals surface area (Å²) in [5, 5.41) is 2.42. The molecule has 0 atom stereocenters. The first kappa shape index (κ1) is 11.4. The molecule has 82 valence electrons. The van der Waals surface area contributed by atoms with Crippen LogP contribution in [0.4, 0.5) is 20.2 Å². The van der Waals surface area contributed by atoms with Gasteiger partial charge in [0.1, 0.15) is 0 Å². The number of nitrogen functional groups attached to an aromatic ring is 1. The first-order chi connectivity index (χ1) is 6.80. The largest absolute Gasteiger partial charge is 0.398 e. The van der Waals surface area contributed by atoms with Crippen LogP contribution in [0.15, 0.2) is 18.2 Å². The molecule has 0 aliphatic rings. The average Bonchev–Trinajstić information content (AvgIpc) is 2.05. The molecule has 1 aromatic carbocycles. The molecule has 0 aromatic heterocycles. The summed E-state index contributed by atoms with van der Waals surface area (Å²) in [6.45, 7) is 2.07. The van der Waals surface area contributed by atoms with Crippen molar-refractivity contribution >= 4 is 17.3 Å². The normalized spacial score (nSPS) is 11.2. The Morgan fingerprint density at radius 3 is 2.53 bits per heavy atom. The van der Waals surface area contributed by atoms with E-state index >= 15 is 0 Å². The van der Waals surface area contributed by atoms with E-state index in [0.717, 1.165) is 6.92 Å². The van der Waals surface area contributed by atoms with Gasteiger partial charge in [-0.25, -0.2) is 8.78 Å². The number of amides is 1. The minimum atomic E-state index is -3.02. The van der Waals surface area contributed by atoms with Gasteiger partial charge in [0, 0.05) is 30.8 Å². The molecule has 0 radical (unpaired) electrons. The van der Waals surface area contributed by atoms with E-state index in [1.165, 1.54) is 25.1 Å². The molecule has 0 saturated carbocycles. The monoisotopic (exact) mass is 214 g/mol. The molecule has 0 heterocycles. The summed E-state index contributed by atoms with van der Waals surface area (Å²) in [5.41, 5.74) is 5.45. The maximum absolute atomic E-state index is 13.0. The Bertz CT molecular complexity index is 385. The molecule has 1 rings (SSSR count). The molecule has 1 amide bonds. The summed E-state index contributed by atoms with van der Waals surface area (Å²) in [7, 11) is 0. The van der Waals surface area contributed by atoms with Gasteiger partial charge in [-0.3, -0.25) is 4.79 Å². The van der Waals surface area contributed by atoms with E-state index in [9.17, 15) is 13.6 Å². The lowest BCUT2D eigenvalue weighted by atomic mass is 10.1. The highest BCUT2D eigenvalue weighted by molar-refractivity contribution is 5.89. The van der Waals surface area contributed by atoms with E-state index in [0.29, 0.717) is 5.69 Å². The first-order valence-corrected chi connectivity index (χ1v) is 4.36. The smallest absolute Gasteiger partial charge is 0.272 e. The molecule has 3 N–H and O–H groups in total. The lowest BCUT2D eigenvalue weighted by Gasteiger charge is -2.14. The van der Waals surface area contributed by atoms with Crippen molar-refractivity contribution in [1.82, 2.24) is 0 Å². The zero-order valence-electron chi connectivity index (χ0n) is 8.47. The molecule has 15 heavy (non-hydrogen) atoms. The number of alkyl halides is 2. The van der Waals surface area contributed by atoms with E-state index < -0.39 is 5.92 Å². The third-order valence-corrected chi connectivity index (χ3v) is 1.85. The topological polar surface area (TPSA) is 55.1 Å². The lowest BCUT2D eigenvalue weighted by Crippen LogP contribution is -2.12. The van der Waals surface area contributed by atoms with Gasteiger partial charge in [0.05, 0.1) is 0 Å². The van der Waals surface area contributed by atoms with E-state index in [4.69, 9.17) is 5.73 Å². The molecule has 0 bridgehead atoms. The zero-order valence-corrected chi connectivity index (χ0v) is 8.47. The molecular formula is C10H12F2N2O. The third-order valence-electron chi connectivity index (χ3n) is 1.85. The minimum Gasteiger partial charge on any atom is -0.398 e. The molecular weight excluding hydrogens is 202 g/mol. The Balaban J connectivity index is 3.11. The molecule has 0 aliphatic carbocycles. The van der Waals surface area contributed by atoms with Crippen LogP contribution in [0.1, 0.15) is 19.4 Å². The average molecular weight is 214 g/mol. The van der Waals surface area contributed by atoms with Gasteiger partial charge in [0.25, 0.3) is 5.92 Å². The van der Waals surface area contributed by atoms with Gasteiger partial charge in [0.15, 0.2) is 0 Å². The van der Waals surface area contributed by atoms with Gasteiger partial charge in [0.2, 0.25) is 5.91 Å². The number of benzene rings is 1. The van der Waals surface area contributed by atoms with Gasteiger partial charge >= 0.3 is 0 Å². The predicted octanol–water partition coefficient (Wildman–Crippen LogP) is 2.34. The molecule has 0 saturated heterocycles. The summed E-state index contributed by atoms with van der Waals surface area (Å²) in [6, 6.07) is 4.00. The fourth-order valence-corrected chi connectivity index (χ4v) is 1.22. The molecule has 3 nitrogen and oxygen atoms in total. The van der Waals surface area contributed by atoms with Crippen LogP contribution in [0.3, 0.4) is 0 Å². The highest BCUT2D eigenvalue weighted by Crippen LogP contribution is 2.33. The maximum atomic E-state index is 13.0. The van der Waals surface area contributed by atoms with Gasteiger partial charge in [-0.2, -0.15) is 0 Å². The number of anilines is 2. The van der Waals surface area contributed by atoms with Crippen molar-refractivity contribution in [3.05, 3.63) is 23.8 Å². The van der Waals surface area contributed by atoms with Crippen molar-refractivity contribution in [2.75, 3.05) is 11.1 Å². The third kappa shape index (κ3) is 2.90. The first-order valence-electron chi connectivity index (χ1n) is 4.36. The van der Waals surface area contributed by atoms with Crippen molar-refractivity contribution in [2.24, 2.45) is 0 Å². The number of hydrogen-bond acceptors (Lipinski definition) is 2. The van der Waals surface area contributed by atoms with E-state index in [-0.39, 0.29) is 17.2 Å². The van der Waals surface area contributed by atoms with Crippen molar-refractivity contribution in [2.45, 2.75) is 19.8 Å². The van der Waals surface area contributed by atoms with Gasteiger partial charge < -0.3 is 11.1 Å². The SMILES string of the molecule is CC(=O)Nc1ccc(N)c(C(C)(F)F)c1. The quantitative estimate of drug-likeness (QED) is 0.742. The molecule has 0 aliphatic heterocycles. The number of carbonyl (C=O) groups is 1. The predicted molar refractivity (Wildman–Crippen MR) is 54.7 cm³/mol. The summed E-state index contributed by atoms with van der Waals surface area (Å²) < 4.78 is 26.1. The number of carbonyl (C=O) groups excluding carboxylic acids is 1. The van der Waals surface area contributed by atoms with Crippen LogP contribution in [-0.2, 0) is 10.7 Å². The Morgan fingerprint density at radius 2 is 2.07 bits per heavy atom. The van der Waals surface area contributed by atoms with Crippen LogP contribution < -0.4 is 11.1 Å². The van der Waals surface area contributed by atoms with Crippen LogP contribution in [-0.4, -0.2) is 5.91 Å². The Kier molecular flexibility index (Phi) is 2.93. The van der Waals surface area contributed by atoms with Crippen LogP contribution in [0, 0.1) is 0 Å². The second-order valence-corrected chi connectivity index (χ2v) is 3.37. The Hall–Kier alpha value is -1.65. The molecule has 0 unspecified atom stereocenters. The number of halogens is 2. The standard InChI is InChI=1S/C10H12F2N2O/c1-6(15)14-7-3-4-9(13)8(5-7)10(2,11)12/h3-5H,13H2,1-2H3,(H,14,15). The second kappa shape index (κ2) is 3.84. The van der Waals surface area contributed by atoms with Crippen molar-refractivity contribution in [3.63, 3.8) is 0 Å². The number of hydrogen-bond donors (Lipinski definition) is 2. The molecule has 0 spiro atoms. The van der Waals surface area contributed by atoms with Gasteiger partial charge in [-0.1, -0.05) is 0 Å². The Morgan fingerprint density at radius 1 is 1.47 bits per heavy atom. The Labute approximate surface area is 86.3 Å². The van der Waals surface area contributed by atoms with Crippen LogP contribution in [0.5, 0.6) is 0 Å².